The Morgan fingerprint density at radius 3 is 2.20 bits per heavy atom. The van der Waals surface area contributed by atoms with Gasteiger partial charge in [0.25, 0.3) is 0 Å². The van der Waals surface area contributed by atoms with Gasteiger partial charge in [-0.15, -0.1) is 0 Å². The Morgan fingerprint density at radius 1 is 1.40 bits per heavy atom. The molecule has 0 radical (unpaired) electrons. The average Bonchev–Trinajstić information content (AvgIpc) is 1.58. The van der Waals surface area contributed by atoms with Crippen LogP contribution >= 0.6 is 11.8 Å². The summed E-state index contributed by atoms with van der Waals surface area (Å²) in [4.78, 5) is 4.09. The summed E-state index contributed by atoms with van der Waals surface area (Å²) in [6, 6.07) is 0.256. The highest BCUT2D eigenvalue weighted by molar-refractivity contribution is 8.14. The first-order valence-electron chi connectivity index (χ1n) is 3.28. The highest BCUT2D eigenvalue weighted by Crippen LogP contribution is 2.04. The van der Waals surface area contributed by atoms with Crippen LogP contribution in [0.15, 0.2) is 4.99 Å². The van der Waals surface area contributed by atoms with Gasteiger partial charge in [0.1, 0.15) is 0 Å². The molecule has 0 fully saturated rings. The van der Waals surface area contributed by atoms with E-state index in [2.05, 4.69) is 4.99 Å². The summed E-state index contributed by atoms with van der Waals surface area (Å²) >= 11 is 1.39. The third-order valence-electron chi connectivity index (χ3n) is 0.692. The Morgan fingerprint density at radius 2 is 1.90 bits per heavy atom. The van der Waals surface area contributed by atoms with Crippen molar-refractivity contribution < 1.29 is 0 Å². The lowest BCUT2D eigenvalue weighted by Gasteiger charge is -2.04. The first-order valence-corrected chi connectivity index (χ1v) is 4.16. The van der Waals surface area contributed by atoms with E-state index in [-0.39, 0.29) is 11.4 Å². The maximum Gasteiger partial charge on any atom is 0.155 e. The molecular formula is C6H15N3S. The molecule has 0 bridgehead atoms. The highest BCUT2D eigenvalue weighted by Gasteiger charge is 1.98. The minimum atomic E-state index is 0.0301. The lowest BCUT2D eigenvalue weighted by Crippen LogP contribution is -2.19. The minimum Gasteiger partial charge on any atom is -0.378 e. The first kappa shape index (κ1) is 9.78. The largest absolute Gasteiger partial charge is 0.378 e. The molecule has 0 aliphatic rings. The van der Waals surface area contributed by atoms with Gasteiger partial charge in [-0.3, -0.25) is 4.99 Å². The predicted octanol–water partition coefficient (Wildman–Crippen LogP) is 0.747. The van der Waals surface area contributed by atoms with Crippen molar-refractivity contribution in [3.63, 3.8) is 0 Å². The van der Waals surface area contributed by atoms with Crippen LogP contribution in [-0.4, -0.2) is 16.6 Å². The zero-order valence-corrected chi connectivity index (χ0v) is 7.48. The van der Waals surface area contributed by atoms with Crippen LogP contribution in [0.3, 0.4) is 0 Å². The van der Waals surface area contributed by atoms with Crippen molar-refractivity contribution in [3.8, 4) is 0 Å². The smallest absolute Gasteiger partial charge is 0.155 e. The summed E-state index contributed by atoms with van der Waals surface area (Å²) in [5, 5.41) is 0.604. The number of amidine groups is 1. The number of rotatable bonds is 2. The van der Waals surface area contributed by atoms with Gasteiger partial charge in [-0.2, -0.15) is 0 Å². The predicted molar refractivity (Wildman–Crippen MR) is 48.0 cm³/mol. The quantitative estimate of drug-likeness (QED) is 0.357. The van der Waals surface area contributed by atoms with Gasteiger partial charge < -0.3 is 11.5 Å². The molecule has 3 nitrogen and oxygen atoms in total. The molecule has 0 aromatic rings. The highest BCUT2D eigenvalue weighted by atomic mass is 32.2. The number of aliphatic imine (C=N–C) groups is 1. The van der Waals surface area contributed by atoms with Crippen LogP contribution < -0.4 is 11.5 Å². The maximum absolute atomic E-state index is 5.51. The average molecular weight is 161 g/mol. The van der Waals surface area contributed by atoms with Gasteiger partial charge in [-0.25, -0.2) is 0 Å². The molecule has 60 valence electrons. The lowest BCUT2D eigenvalue weighted by atomic mass is 10.4. The molecule has 0 amide bonds. The topological polar surface area (TPSA) is 64.4 Å². The van der Waals surface area contributed by atoms with Gasteiger partial charge in [-0.05, 0) is 20.8 Å². The summed E-state index contributed by atoms with van der Waals surface area (Å²) in [6.45, 7) is 5.84. The third kappa shape index (κ3) is 5.91. The molecule has 1 atom stereocenters. The van der Waals surface area contributed by atoms with Crippen LogP contribution in [0, 0.1) is 0 Å². The molecule has 0 aromatic carbocycles. The van der Waals surface area contributed by atoms with Gasteiger partial charge in [0.05, 0.1) is 5.37 Å². The van der Waals surface area contributed by atoms with Crippen molar-refractivity contribution in [3.05, 3.63) is 0 Å². The van der Waals surface area contributed by atoms with Crippen molar-refractivity contribution in [1.29, 1.82) is 0 Å². The molecule has 1 unspecified atom stereocenters. The zero-order chi connectivity index (χ0) is 8.15. The van der Waals surface area contributed by atoms with Crippen molar-refractivity contribution in [2.75, 3.05) is 0 Å². The van der Waals surface area contributed by atoms with E-state index in [1.807, 2.05) is 20.8 Å². The van der Waals surface area contributed by atoms with E-state index in [0.29, 0.717) is 5.17 Å². The third-order valence-corrected chi connectivity index (χ3v) is 1.41. The van der Waals surface area contributed by atoms with Crippen LogP contribution in [0.25, 0.3) is 0 Å². The summed E-state index contributed by atoms with van der Waals surface area (Å²) in [7, 11) is 0. The number of hydrogen-bond donors (Lipinski definition) is 2. The fourth-order valence-corrected chi connectivity index (χ4v) is 1.13. The Bertz CT molecular complexity index is 120. The first-order chi connectivity index (χ1) is 4.52. The fourth-order valence-electron chi connectivity index (χ4n) is 0.475. The Labute approximate surface area is 66.3 Å². The van der Waals surface area contributed by atoms with Crippen molar-refractivity contribution in [2.45, 2.75) is 32.2 Å². The Balaban J connectivity index is 3.71. The molecule has 4 N–H and O–H groups in total. The minimum absolute atomic E-state index is 0.0301. The van der Waals surface area contributed by atoms with Crippen LogP contribution in [-0.2, 0) is 0 Å². The Hall–Kier alpha value is -0.220. The van der Waals surface area contributed by atoms with E-state index in [1.165, 1.54) is 11.8 Å². The van der Waals surface area contributed by atoms with Gasteiger partial charge in [0.2, 0.25) is 0 Å². The number of nitrogens with two attached hydrogens (primary N) is 2. The summed E-state index contributed by atoms with van der Waals surface area (Å²) in [5.74, 6) is 0. The summed E-state index contributed by atoms with van der Waals surface area (Å²) in [5.41, 5.74) is 11.0. The van der Waals surface area contributed by atoms with Crippen molar-refractivity contribution in [2.24, 2.45) is 16.5 Å². The van der Waals surface area contributed by atoms with Crippen molar-refractivity contribution >= 4 is 16.9 Å². The van der Waals surface area contributed by atoms with Crippen molar-refractivity contribution in [1.82, 2.24) is 0 Å². The fraction of sp³-hybridized carbons (Fsp3) is 0.833. The molecule has 0 saturated heterocycles. The number of hydrogen-bond acceptors (Lipinski definition) is 3. The Kier molecular flexibility index (Phi) is 4.47. The van der Waals surface area contributed by atoms with Crippen LogP contribution in [0.2, 0.25) is 0 Å². The van der Waals surface area contributed by atoms with E-state index in [4.69, 9.17) is 11.5 Å². The molecule has 0 aromatic heterocycles. The van der Waals surface area contributed by atoms with E-state index in [0.717, 1.165) is 0 Å². The molecule has 0 heterocycles. The van der Waals surface area contributed by atoms with Gasteiger partial charge in [-0.1, -0.05) is 11.8 Å². The second-order valence-corrected chi connectivity index (χ2v) is 3.78. The monoisotopic (exact) mass is 161 g/mol. The molecule has 0 aliphatic carbocycles. The van der Waals surface area contributed by atoms with E-state index in [9.17, 15) is 0 Å². The van der Waals surface area contributed by atoms with Crippen LogP contribution in [0.1, 0.15) is 20.8 Å². The van der Waals surface area contributed by atoms with Gasteiger partial charge in [0.15, 0.2) is 5.17 Å². The van der Waals surface area contributed by atoms with Gasteiger partial charge in [0, 0.05) is 6.04 Å². The van der Waals surface area contributed by atoms with E-state index >= 15 is 0 Å². The molecule has 0 spiro atoms. The normalized spacial score (nSPS) is 15.9. The molecule has 0 saturated carbocycles. The van der Waals surface area contributed by atoms with E-state index < -0.39 is 0 Å². The molecule has 0 rings (SSSR count). The standard InChI is InChI=1S/C6H15N3S/c1-4(2)9-6(8)10-5(3)7/h4-5H,7H2,1-3H3,(H2,8,9). The number of nitrogens with zero attached hydrogens (tertiary/aromatic N) is 1. The number of thioether (sulfide) groups is 1. The zero-order valence-electron chi connectivity index (χ0n) is 6.66. The van der Waals surface area contributed by atoms with Crippen LogP contribution in [0.5, 0.6) is 0 Å². The molecule has 10 heavy (non-hydrogen) atoms. The second-order valence-electron chi connectivity index (χ2n) is 2.38. The molecular weight excluding hydrogens is 146 g/mol. The molecule has 4 heteroatoms. The summed E-state index contributed by atoms with van der Waals surface area (Å²) in [6.07, 6.45) is 0. The second kappa shape index (κ2) is 4.57. The lowest BCUT2D eigenvalue weighted by molar-refractivity contribution is 0.837. The van der Waals surface area contributed by atoms with Gasteiger partial charge >= 0.3 is 0 Å². The van der Waals surface area contributed by atoms with Crippen LogP contribution in [0.4, 0.5) is 0 Å². The molecule has 0 aliphatic heterocycles. The summed E-state index contributed by atoms with van der Waals surface area (Å²) < 4.78 is 0. The maximum atomic E-state index is 5.51. The SMILES string of the molecule is CC(C)N=C(N)SC(C)N. The van der Waals surface area contributed by atoms with E-state index in [1.54, 1.807) is 0 Å².